The van der Waals surface area contributed by atoms with Crippen LogP contribution in [0.3, 0.4) is 0 Å². The van der Waals surface area contributed by atoms with Crippen LogP contribution in [0, 0.1) is 0 Å². The third kappa shape index (κ3) is 8.95. The molecular weight excluding hydrogens is 542 g/mol. The maximum Gasteiger partial charge on any atom is 0.243 e. The van der Waals surface area contributed by atoms with Gasteiger partial charge in [-0.3, -0.25) is 14.5 Å². The van der Waals surface area contributed by atoms with Crippen molar-refractivity contribution < 1.29 is 23.8 Å². The molecule has 1 fully saturated rings. The minimum absolute atomic E-state index is 0.0975. The van der Waals surface area contributed by atoms with Gasteiger partial charge in [-0.15, -0.1) is 0 Å². The maximum absolute atomic E-state index is 14.0. The molecule has 0 spiro atoms. The monoisotopic (exact) mass is 579 g/mol. The van der Waals surface area contributed by atoms with Crippen molar-refractivity contribution >= 4 is 23.4 Å². The second-order valence-electron chi connectivity index (χ2n) is 9.96. The Morgan fingerprint density at radius 2 is 1.61 bits per heavy atom. The number of hydrogen-bond acceptors (Lipinski definition) is 6. The van der Waals surface area contributed by atoms with Crippen LogP contribution in [0.2, 0.25) is 5.02 Å². The lowest BCUT2D eigenvalue weighted by Crippen LogP contribution is -2.52. The lowest BCUT2D eigenvalue weighted by atomic mass is 10.0. The molecule has 0 aliphatic carbocycles. The number of carbonyl (C=O) groups excluding carboxylic acids is 2. The zero-order valence-corrected chi connectivity index (χ0v) is 24.4. The minimum atomic E-state index is -0.717. The number of nitrogens with one attached hydrogen (secondary N) is 1. The van der Waals surface area contributed by atoms with E-state index in [0.717, 1.165) is 36.3 Å². The predicted octanol–water partition coefficient (Wildman–Crippen LogP) is 3.99. The Bertz CT molecular complexity index is 1270. The van der Waals surface area contributed by atoms with Gasteiger partial charge in [-0.2, -0.15) is 0 Å². The molecule has 3 aromatic rings. The predicted molar refractivity (Wildman–Crippen MR) is 159 cm³/mol. The Morgan fingerprint density at radius 3 is 2.29 bits per heavy atom. The summed E-state index contributed by atoms with van der Waals surface area (Å²) >= 11 is 6.13. The molecule has 1 N–H and O–H groups in total. The van der Waals surface area contributed by atoms with Crippen molar-refractivity contribution in [2.45, 2.75) is 25.4 Å². The van der Waals surface area contributed by atoms with E-state index in [4.69, 9.17) is 25.8 Å². The molecule has 1 atom stereocenters. The van der Waals surface area contributed by atoms with E-state index in [2.05, 4.69) is 10.2 Å². The zero-order chi connectivity index (χ0) is 29.0. The van der Waals surface area contributed by atoms with Gasteiger partial charge in [-0.1, -0.05) is 60.1 Å². The van der Waals surface area contributed by atoms with Crippen molar-refractivity contribution in [1.82, 2.24) is 15.1 Å². The van der Waals surface area contributed by atoms with Crippen molar-refractivity contribution in [2.75, 3.05) is 53.6 Å². The Labute approximate surface area is 247 Å². The van der Waals surface area contributed by atoms with Gasteiger partial charge in [0.25, 0.3) is 0 Å². The molecule has 0 aromatic heterocycles. The standard InChI is InChI=1S/C32H38ClN3O5/c1-39-29-13-10-26(21-30(29)40-2)22-31(37)36(23-25-8-11-27(33)12-9-25)28(20-24-6-4-3-5-7-24)32(38)34-14-15-35-16-18-41-19-17-35/h3-13,21,28H,14-20,22-23H2,1-2H3,(H,34,38)/t28-/m1/s1. The lowest BCUT2D eigenvalue weighted by Gasteiger charge is -2.32. The van der Waals surface area contributed by atoms with Gasteiger partial charge in [0.1, 0.15) is 6.04 Å². The Morgan fingerprint density at radius 1 is 0.927 bits per heavy atom. The molecule has 41 heavy (non-hydrogen) atoms. The molecule has 218 valence electrons. The number of benzene rings is 3. The van der Waals surface area contributed by atoms with Crippen LogP contribution in [0.5, 0.6) is 11.5 Å². The molecule has 0 unspecified atom stereocenters. The fourth-order valence-electron chi connectivity index (χ4n) is 4.89. The summed E-state index contributed by atoms with van der Waals surface area (Å²) in [5.74, 6) is 0.778. The van der Waals surface area contributed by atoms with Crippen molar-refractivity contribution in [3.8, 4) is 11.5 Å². The number of rotatable bonds is 13. The first kappa shape index (κ1) is 30.4. The molecule has 9 heteroatoms. The molecule has 8 nitrogen and oxygen atoms in total. The number of nitrogens with zero attached hydrogens (tertiary/aromatic N) is 2. The van der Waals surface area contributed by atoms with Crippen LogP contribution in [0.15, 0.2) is 72.8 Å². The van der Waals surface area contributed by atoms with E-state index in [9.17, 15) is 9.59 Å². The Hall–Kier alpha value is -3.59. The van der Waals surface area contributed by atoms with Crippen molar-refractivity contribution in [3.63, 3.8) is 0 Å². The largest absolute Gasteiger partial charge is 0.493 e. The summed E-state index contributed by atoms with van der Waals surface area (Å²) in [5, 5.41) is 3.71. The summed E-state index contributed by atoms with van der Waals surface area (Å²) in [5.41, 5.74) is 2.62. The van der Waals surface area contributed by atoms with Crippen molar-refractivity contribution in [1.29, 1.82) is 0 Å². The minimum Gasteiger partial charge on any atom is -0.493 e. The van der Waals surface area contributed by atoms with Crippen LogP contribution in [-0.4, -0.2) is 81.3 Å². The van der Waals surface area contributed by atoms with Crippen LogP contribution in [0.25, 0.3) is 0 Å². The summed E-state index contributed by atoms with van der Waals surface area (Å²) in [6.45, 7) is 4.56. The summed E-state index contributed by atoms with van der Waals surface area (Å²) in [7, 11) is 3.13. The third-order valence-electron chi connectivity index (χ3n) is 7.17. The van der Waals surface area contributed by atoms with E-state index < -0.39 is 6.04 Å². The van der Waals surface area contributed by atoms with E-state index >= 15 is 0 Å². The molecule has 1 aliphatic heterocycles. The van der Waals surface area contributed by atoms with Gasteiger partial charge in [-0.25, -0.2) is 0 Å². The van der Waals surface area contributed by atoms with Crippen LogP contribution in [-0.2, 0) is 33.7 Å². The molecule has 0 saturated carbocycles. The van der Waals surface area contributed by atoms with Gasteiger partial charge in [0.05, 0.1) is 33.9 Å². The van der Waals surface area contributed by atoms with Gasteiger partial charge < -0.3 is 24.4 Å². The molecule has 0 radical (unpaired) electrons. The second kappa shape index (κ2) is 15.4. The molecule has 0 bridgehead atoms. The van der Waals surface area contributed by atoms with Crippen LogP contribution < -0.4 is 14.8 Å². The highest BCUT2D eigenvalue weighted by Crippen LogP contribution is 2.28. The van der Waals surface area contributed by atoms with Gasteiger partial charge in [0.15, 0.2) is 11.5 Å². The normalized spacial score (nSPS) is 14.2. The van der Waals surface area contributed by atoms with Gasteiger partial charge in [-0.05, 0) is 41.0 Å². The number of ether oxygens (including phenoxy) is 3. The first-order valence-corrected chi connectivity index (χ1v) is 14.2. The molecular formula is C32H38ClN3O5. The number of methoxy groups -OCH3 is 2. The summed E-state index contributed by atoms with van der Waals surface area (Å²) in [6, 6.07) is 21.8. The molecule has 1 saturated heterocycles. The average molecular weight is 580 g/mol. The fraction of sp³-hybridized carbons (Fsp3) is 0.375. The average Bonchev–Trinajstić information content (AvgIpc) is 3.00. The smallest absolute Gasteiger partial charge is 0.243 e. The third-order valence-corrected chi connectivity index (χ3v) is 7.42. The number of amides is 2. The molecule has 3 aromatic carbocycles. The fourth-order valence-corrected chi connectivity index (χ4v) is 5.01. The SMILES string of the molecule is COc1ccc(CC(=O)N(Cc2ccc(Cl)cc2)[C@H](Cc2ccccc2)C(=O)NCCN2CCOCC2)cc1OC. The summed E-state index contributed by atoms with van der Waals surface area (Å²) in [4.78, 5) is 31.8. The number of carbonyl (C=O) groups is 2. The number of morpholine rings is 1. The highest BCUT2D eigenvalue weighted by Gasteiger charge is 2.30. The molecule has 4 rings (SSSR count). The van der Waals surface area contributed by atoms with E-state index in [-0.39, 0.29) is 24.8 Å². The summed E-state index contributed by atoms with van der Waals surface area (Å²) < 4.78 is 16.2. The van der Waals surface area contributed by atoms with E-state index in [1.165, 1.54) is 0 Å². The lowest BCUT2D eigenvalue weighted by molar-refractivity contribution is -0.140. The number of halogens is 1. The second-order valence-corrected chi connectivity index (χ2v) is 10.4. The maximum atomic E-state index is 14.0. The van der Waals surface area contributed by atoms with Crippen molar-refractivity contribution in [3.05, 3.63) is 94.5 Å². The van der Waals surface area contributed by atoms with Crippen LogP contribution in [0.1, 0.15) is 16.7 Å². The Kier molecular flexibility index (Phi) is 11.4. The highest BCUT2D eigenvalue weighted by atomic mass is 35.5. The number of hydrogen-bond donors (Lipinski definition) is 1. The topological polar surface area (TPSA) is 80.3 Å². The van der Waals surface area contributed by atoms with E-state index in [1.54, 1.807) is 43.4 Å². The first-order chi connectivity index (χ1) is 20.0. The van der Waals surface area contributed by atoms with E-state index in [1.807, 2.05) is 48.5 Å². The molecule has 1 aliphatic rings. The van der Waals surface area contributed by atoms with E-state index in [0.29, 0.717) is 42.7 Å². The van der Waals surface area contributed by atoms with Crippen molar-refractivity contribution in [2.24, 2.45) is 0 Å². The Balaban J connectivity index is 1.60. The highest BCUT2D eigenvalue weighted by molar-refractivity contribution is 6.30. The zero-order valence-electron chi connectivity index (χ0n) is 23.7. The molecule has 1 heterocycles. The van der Waals surface area contributed by atoms with Crippen LogP contribution >= 0.6 is 11.6 Å². The van der Waals surface area contributed by atoms with Gasteiger partial charge in [0, 0.05) is 44.2 Å². The van der Waals surface area contributed by atoms with Gasteiger partial charge >= 0.3 is 0 Å². The molecule has 2 amide bonds. The quantitative estimate of drug-likeness (QED) is 0.330. The first-order valence-electron chi connectivity index (χ1n) is 13.8. The van der Waals surface area contributed by atoms with Gasteiger partial charge in [0.2, 0.25) is 11.8 Å². The van der Waals surface area contributed by atoms with Crippen LogP contribution in [0.4, 0.5) is 0 Å². The summed E-state index contributed by atoms with van der Waals surface area (Å²) in [6.07, 6.45) is 0.482.